The predicted octanol–water partition coefficient (Wildman–Crippen LogP) is 4.87. The van der Waals surface area contributed by atoms with Crippen molar-refractivity contribution < 1.29 is 9.47 Å². The summed E-state index contributed by atoms with van der Waals surface area (Å²) in [6, 6.07) is 15.0. The van der Waals surface area contributed by atoms with E-state index in [9.17, 15) is 0 Å². The van der Waals surface area contributed by atoms with E-state index in [1.54, 1.807) is 0 Å². The summed E-state index contributed by atoms with van der Waals surface area (Å²) in [4.78, 5) is 0. The van der Waals surface area contributed by atoms with E-state index in [0.29, 0.717) is 18.8 Å². The molecule has 3 nitrogen and oxygen atoms in total. The van der Waals surface area contributed by atoms with Crippen LogP contribution < -0.4 is 14.8 Å². The monoisotopic (exact) mass is 329 g/mol. The number of ether oxygens (including phenoxy) is 2. The summed E-state index contributed by atoms with van der Waals surface area (Å²) in [6.45, 7) is 2.51. The molecule has 0 spiro atoms. The highest BCUT2D eigenvalue weighted by atomic mass is 35.5. The molecule has 23 heavy (non-hydrogen) atoms. The number of benzene rings is 2. The number of halogens is 1. The minimum Gasteiger partial charge on any atom is -0.454 e. The van der Waals surface area contributed by atoms with E-state index in [2.05, 4.69) is 36.5 Å². The van der Waals surface area contributed by atoms with Gasteiger partial charge in [-0.25, -0.2) is 0 Å². The summed E-state index contributed by atoms with van der Waals surface area (Å²) in [5.41, 5.74) is 2.53. The topological polar surface area (TPSA) is 30.5 Å². The Bertz CT molecular complexity index is 697. The Kier molecular flexibility index (Phi) is 3.92. The van der Waals surface area contributed by atoms with Crippen LogP contribution in [0.3, 0.4) is 0 Å². The first-order valence-electron chi connectivity index (χ1n) is 8.12. The molecule has 4 heteroatoms. The van der Waals surface area contributed by atoms with E-state index >= 15 is 0 Å². The van der Waals surface area contributed by atoms with Gasteiger partial charge in [-0.3, -0.25) is 0 Å². The Balaban J connectivity index is 1.53. The van der Waals surface area contributed by atoms with E-state index in [1.807, 2.05) is 18.2 Å². The zero-order valence-electron chi connectivity index (χ0n) is 13.1. The molecule has 0 radical (unpaired) electrons. The molecule has 2 unspecified atom stereocenters. The molecule has 1 aliphatic carbocycles. The molecule has 2 aromatic rings. The lowest BCUT2D eigenvalue weighted by atomic mass is 9.99. The van der Waals surface area contributed by atoms with E-state index in [-0.39, 0.29) is 6.04 Å². The van der Waals surface area contributed by atoms with Gasteiger partial charge in [-0.2, -0.15) is 0 Å². The number of rotatable bonds is 5. The van der Waals surface area contributed by atoms with E-state index in [1.165, 1.54) is 24.0 Å². The molecule has 4 rings (SSSR count). The van der Waals surface area contributed by atoms with Gasteiger partial charge in [-0.05, 0) is 61.1 Å². The van der Waals surface area contributed by atoms with Crippen molar-refractivity contribution in [3.8, 4) is 11.5 Å². The molecule has 1 aliphatic heterocycles. The van der Waals surface area contributed by atoms with Gasteiger partial charge in [0.25, 0.3) is 0 Å². The van der Waals surface area contributed by atoms with Crippen molar-refractivity contribution in [3.05, 3.63) is 58.6 Å². The Morgan fingerprint density at radius 1 is 1.00 bits per heavy atom. The van der Waals surface area contributed by atoms with Crippen molar-refractivity contribution in [3.63, 3.8) is 0 Å². The van der Waals surface area contributed by atoms with Gasteiger partial charge in [-0.1, -0.05) is 29.8 Å². The second-order valence-electron chi connectivity index (χ2n) is 6.37. The van der Waals surface area contributed by atoms with Gasteiger partial charge in [0, 0.05) is 17.1 Å². The highest BCUT2D eigenvalue weighted by Gasteiger charge is 2.33. The van der Waals surface area contributed by atoms with Crippen LogP contribution in [0.5, 0.6) is 11.5 Å². The summed E-state index contributed by atoms with van der Waals surface area (Å²) in [5, 5.41) is 4.57. The quantitative estimate of drug-likeness (QED) is 0.848. The lowest BCUT2D eigenvalue weighted by Crippen LogP contribution is -2.26. The van der Waals surface area contributed by atoms with Crippen LogP contribution in [0.2, 0.25) is 5.02 Å². The van der Waals surface area contributed by atoms with Crippen LogP contribution in [0.4, 0.5) is 0 Å². The van der Waals surface area contributed by atoms with Gasteiger partial charge in [0.2, 0.25) is 6.79 Å². The fourth-order valence-electron chi connectivity index (χ4n) is 3.15. The van der Waals surface area contributed by atoms with E-state index < -0.39 is 0 Å². The fourth-order valence-corrected chi connectivity index (χ4v) is 3.28. The Morgan fingerprint density at radius 2 is 1.70 bits per heavy atom. The third kappa shape index (κ3) is 3.17. The molecule has 2 aromatic carbocycles. The predicted molar refractivity (Wildman–Crippen MR) is 91.0 cm³/mol. The second kappa shape index (κ2) is 6.06. The maximum absolute atomic E-state index is 6.02. The third-order valence-corrected chi connectivity index (χ3v) is 4.90. The zero-order valence-corrected chi connectivity index (χ0v) is 13.8. The molecule has 1 heterocycles. The van der Waals surface area contributed by atoms with Gasteiger partial charge in [0.1, 0.15) is 0 Å². The molecule has 120 valence electrons. The molecule has 2 atom stereocenters. The largest absolute Gasteiger partial charge is 0.454 e. The maximum Gasteiger partial charge on any atom is 0.231 e. The molecule has 0 bridgehead atoms. The van der Waals surface area contributed by atoms with Crippen LogP contribution >= 0.6 is 11.6 Å². The maximum atomic E-state index is 6.02. The molecule has 0 aromatic heterocycles. The SMILES string of the molecule is CC(NC(c1ccc(Cl)cc1)C1CC1)c1ccc2c(c1)OCO2. The number of fused-ring (bicyclic) bond motifs is 1. The first-order chi connectivity index (χ1) is 11.2. The molecule has 2 aliphatic rings. The van der Waals surface area contributed by atoms with Crippen LogP contribution in [-0.4, -0.2) is 6.79 Å². The minimum atomic E-state index is 0.241. The van der Waals surface area contributed by atoms with Gasteiger partial charge >= 0.3 is 0 Å². The molecular weight excluding hydrogens is 310 g/mol. The number of hydrogen-bond acceptors (Lipinski definition) is 3. The highest BCUT2D eigenvalue weighted by molar-refractivity contribution is 6.30. The van der Waals surface area contributed by atoms with Crippen molar-refractivity contribution in [2.45, 2.75) is 31.8 Å². The standard InChI is InChI=1S/C19H20ClNO2/c1-12(15-6-9-17-18(10-15)23-11-22-17)21-19(13-2-3-13)14-4-7-16(20)8-5-14/h4-10,12-13,19,21H,2-3,11H2,1H3. The van der Waals surface area contributed by atoms with Crippen LogP contribution in [-0.2, 0) is 0 Å². The zero-order chi connectivity index (χ0) is 15.8. The van der Waals surface area contributed by atoms with Crippen LogP contribution in [0.15, 0.2) is 42.5 Å². The molecule has 1 N–H and O–H groups in total. The van der Waals surface area contributed by atoms with Crippen molar-refractivity contribution >= 4 is 11.6 Å². The molecular formula is C19H20ClNO2. The number of nitrogens with one attached hydrogen (secondary N) is 1. The van der Waals surface area contributed by atoms with E-state index in [4.69, 9.17) is 21.1 Å². The number of hydrogen-bond donors (Lipinski definition) is 1. The molecule has 0 amide bonds. The first-order valence-corrected chi connectivity index (χ1v) is 8.49. The van der Waals surface area contributed by atoms with Gasteiger partial charge in [0.15, 0.2) is 11.5 Å². The summed E-state index contributed by atoms with van der Waals surface area (Å²) in [5.74, 6) is 2.38. The Labute approximate surface area is 141 Å². The lowest BCUT2D eigenvalue weighted by Gasteiger charge is -2.24. The van der Waals surface area contributed by atoms with E-state index in [0.717, 1.165) is 16.5 Å². The second-order valence-corrected chi connectivity index (χ2v) is 6.80. The first kappa shape index (κ1) is 14.9. The Morgan fingerprint density at radius 3 is 2.43 bits per heavy atom. The summed E-state index contributed by atoms with van der Waals surface area (Å²) >= 11 is 6.02. The highest BCUT2D eigenvalue weighted by Crippen LogP contribution is 2.43. The van der Waals surface area contributed by atoms with Crippen molar-refractivity contribution in [1.82, 2.24) is 5.32 Å². The lowest BCUT2D eigenvalue weighted by molar-refractivity contribution is 0.174. The summed E-state index contributed by atoms with van der Waals surface area (Å²) in [6.07, 6.45) is 2.57. The van der Waals surface area contributed by atoms with Gasteiger partial charge in [0.05, 0.1) is 0 Å². The van der Waals surface area contributed by atoms with Crippen LogP contribution in [0.1, 0.15) is 43.0 Å². The molecule has 0 saturated heterocycles. The van der Waals surface area contributed by atoms with Gasteiger partial charge in [-0.15, -0.1) is 0 Å². The van der Waals surface area contributed by atoms with Crippen LogP contribution in [0.25, 0.3) is 0 Å². The average Bonchev–Trinajstić information content (AvgIpc) is 3.30. The summed E-state index contributed by atoms with van der Waals surface area (Å²) < 4.78 is 10.9. The smallest absolute Gasteiger partial charge is 0.231 e. The third-order valence-electron chi connectivity index (χ3n) is 4.65. The Hall–Kier alpha value is -1.71. The molecule has 1 saturated carbocycles. The van der Waals surface area contributed by atoms with Crippen LogP contribution in [0, 0.1) is 5.92 Å². The van der Waals surface area contributed by atoms with Gasteiger partial charge < -0.3 is 14.8 Å². The van der Waals surface area contributed by atoms with Crippen molar-refractivity contribution in [2.24, 2.45) is 5.92 Å². The summed E-state index contributed by atoms with van der Waals surface area (Å²) in [7, 11) is 0. The average molecular weight is 330 g/mol. The fraction of sp³-hybridized carbons (Fsp3) is 0.368. The van der Waals surface area contributed by atoms with Crippen molar-refractivity contribution in [2.75, 3.05) is 6.79 Å². The van der Waals surface area contributed by atoms with Crippen molar-refractivity contribution in [1.29, 1.82) is 0 Å². The normalized spacial score (nSPS) is 18.7. The molecule has 1 fully saturated rings. The minimum absolute atomic E-state index is 0.241.